The minimum Gasteiger partial charge on any atom is -0.362 e. The van der Waals surface area contributed by atoms with Gasteiger partial charge in [0, 0.05) is 18.3 Å². The van der Waals surface area contributed by atoms with E-state index in [1.165, 1.54) is 30.9 Å². The number of halogens is 4. The molecule has 1 N–H and O–H groups in total. The molecule has 0 saturated carbocycles. The molecule has 6 nitrogen and oxygen atoms in total. The van der Waals surface area contributed by atoms with Gasteiger partial charge in [-0.3, -0.25) is 9.48 Å². The number of hydrogen-bond acceptors (Lipinski definition) is 4. The first-order valence-electron chi connectivity index (χ1n) is 5.93. The Hall–Kier alpha value is -1.42. The Morgan fingerprint density at radius 1 is 1.57 bits per heavy atom. The molecule has 2 heterocycles. The van der Waals surface area contributed by atoms with Crippen LogP contribution in [0.1, 0.15) is 26.3 Å². The van der Waals surface area contributed by atoms with Gasteiger partial charge in [-0.15, -0.1) is 0 Å². The van der Waals surface area contributed by atoms with Crippen LogP contribution in [-0.2, 0) is 4.79 Å². The van der Waals surface area contributed by atoms with Gasteiger partial charge in [-0.1, -0.05) is 0 Å². The van der Waals surface area contributed by atoms with Crippen molar-refractivity contribution >= 4 is 27.5 Å². The SMILES string of the molecule is CC1=NN(C(=O)C(C)n2cc(Br)cn2)C(O)(C(F)(F)F)C1. The minimum absolute atomic E-state index is 0.0250. The summed E-state index contributed by atoms with van der Waals surface area (Å²) in [6.45, 7) is 2.70. The fourth-order valence-corrected chi connectivity index (χ4v) is 2.29. The van der Waals surface area contributed by atoms with E-state index in [1.54, 1.807) is 0 Å². The van der Waals surface area contributed by atoms with Gasteiger partial charge in [-0.05, 0) is 29.8 Å². The molecule has 2 unspecified atom stereocenters. The average Bonchev–Trinajstić information content (AvgIpc) is 2.91. The number of carbonyl (C=O) groups excluding carboxylic acids is 1. The maximum absolute atomic E-state index is 13.1. The monoisotopic (exact) mass is 368 g/mol. The van der Waals surface area contributed by atoms with E-state index >= 15 is 0 Å². The van der Waals surface area contributed by atoms with Crippen LogP contribution in [0.5, 0.6) is 0 Å². The largest absolute Gasteiger partial charge is 0.438 e. The van der Waals surface area contributed by atoms with Crippen LogP contribution in [0.4, 0.5) is 13.2 Å². The third kappa shape index (κ3) is 2.69. The van der Waals surface area contributed by atoms with Gasteiger partial charge >= 0.3 is 6.18 Å². The van der Waals surface area contributed by atoms with Gasteiger partial charge in [0.2, 0.25) is 0 Å². The Morgan fingerprint density at radius 2 is 2.19 bits per heavy atom. The molecule has 2 rings (SSSR count). The van der Waals surface area contributed by atoms with Gasteiger partial charge in [0.25, 0.3) is 11.6 Å². The highest BCUT2D eigenvalue weighted by Gasteiger charge is 2.63. The van der Waals surface area contributed by atoms with Crippen LogP contribution in [0.3, 0.4) is 0 Å². The van der Waals surface area contributed by atoms with Gasteiger partial charge in [0.15, 0.2) is 0 Å². The molecule has 2 atom stereocenters. The fraction of sp³-hybridized carbons (Fsp3) is 0.545. The zero-order chi connectivity index (χ0) is 16.0. The predicted octanol–water partition coefficient (Wildman–Crippen LogP) is 2.07. The van der Waals surface area contributed by atoms with Crippen LogP contribution in [0.25, 0.3) is 0 Å². The smallest absolute Gasteiger partial charge is 0.362 e. The highest BCUT2D eigenvalue weighted by molar-refractivity contribution is 9.10. The second kappa shape index (κ2) is 5.09. The van der Waals surface area contributed by atoms with Crippen molar-refractivity contribution in [2.75, 3.05) is 0 Å². The van der Waals surface area contributed by atoms with E-state index in [2.05, 4.69) is 26.1 Å². The molecule has 0 aromatic carbocycles. The lowest BCUT2D eigenvalue weighted by Crippen LogP contribution is -2.57. The lowest BCUT2D eigenvalue weighted by Gasteiger charge is -2.33. The van der Waals surface area contributed by atoms with Crippen molar-refractivity contribution in [3.05, 3.63) is 16.9 Å². The maximum atomic E-state index is 13.1. The summed E-state index contributed by atoms with van der Waals surface area (Å²) < 4.78 is 40.9. The van der Waals surface area contributed by atoms with E-state index in [9.17, 15) is 23.1 Å². The minimum atomic E-state index is -5.01. The fourth-order valence-electron chi connectivity index (χ4n) is 1.99. The number of carbonyl (C=O) groups is 1. The van der Waals surface area contributed by atoms with Gasteiger partial charge < -0.3 is 5.11 Å². The first-order valence-corrected chi connectivity index (χ1v) is 6.72. The molecule has 0 spiro atoms. The molecule has 0 fully saturated rings. The topological polar surface area (TPSA) is 70.7 Å². The number of aromatic nitrogens is 2. The molecule has 0 saturated heterocycles. The van der Waals surface area contributed by atoms with Crippen molar-refractivity contribution in [3.63, 3.8) is 0 Å². The highest BCUT2D eigenvalue weighted by atomic mass is 79.9. The highest BCUT2D eigenvalue weighted by Crippen LogP contribution is 2.41. The Balaban J connectivity index is 2.32. The molecule has 10 heteroatoms. The number of hydrazone groups is 1. The Kier molecular flexibility index (Phi) is 3.87. The summed E-state index contributed by atoms with van der Waals surface area (Å²) >= 11 is 3.13. The third-order valence-corrected chi connectivity index (χ3v) is 3.52. The van der Waals surface area contributed by atoms with Crippen LogP contribution in [0.15, 0.2) is 22.0 Å². The zero-order valence-electron chi connectivity index (χ0n) is 11.1. The van der Waals surface area contributed by atoms with Crippen LogP contribution in [0, 0.1) is 0 Å². The summed E-state index contributed by atoms with van der Waals surface area (Å²) in [5, 5.41) is 17.3. The molecule has 1 aromatic rings. The summed E-state index contributed by atoms with van der Waals surface area (Å²) in [5.74, 6) is -0.998. The standard InChI is InChI=1S/C11H12BrF3N4O2/c1-6-3-10(21,11(13,14)15)19(17-6)9(20)7(2)18-5-8(12)4-16-18/h4-5,7,21H,3H2,1-2H3. The van der Waals surface area contributed by atoms with Crippen LogP contribution in [0.2, 0.25) is 0 Å². The summed E-state index contributed by atoms with van der Waals surface area (Å²) in [6, 6.07) is -1.04. The molecule has 1 aliphatic rings. The lowest BCUT2D eigenvalue weighted by molar-refractivity contribution is -0.303. The lowest BCUT2D eigenvalue weighted by atomic mass is 10.1. The van der Waals surface area contributed by atoms with Gasteiger partial charge in [-0.25, -0.2) is 0 Å². The zero-order valence-corrected chi connectivity index (χ0v) is 12.7. The van der Waals surface area contributed by atoms with E-state index < -0.39 is 30.3 Å². The molecular formula is C11H12BrF3N4O2. The van der Waals surface area contributed by atoms with Crippen molar-refractivity contribution in [2.45, 2.75) is 38.2 Å². The quantitative estimate of drug-likeness (QED) is 0.868. The summed E-state index contributed by atoms with van der Waals surface area (Å²) in [5.41, 5.74) is -3.29. The number of hydrogen-bond donors (Lipinski definition) is 1. The van der Waals surface area contributed by atoms with E-state index in [-0.39, 0.29) is 10.7 Å². The molecular weight excluding hydrogens is 357 g/mol. The molecule has 1 aliphatic heterocycles. The number of aliphatic hydroxyl groups is 1. The first-order chi connectivity index (χ1) is 9.56. The number of nitrogens with zero attached hydrogens (tertiary/aromatic N) is 4. The molecule has 0 bridgehead atoms. The maximum Gasteiger partial charge on any atom is 0.438 e. The Morgan fingerprint density at radius 3 is 2.67 bits per heavy atom. The number of alkyl halides is 3. The molecule has 116 valence electrons. The second-order valence-electron chi connectivity index (χ2n) is 4.79. The summed E-state index contributed by atoms with van der Waals surface area (Å²) in [6.07, 6.45) is -2.92. The van der Waals surface area contributed by atoms with Crippen molar-refractivity contribution in [3.8, 4) is 0 Å². The number of amides is 1. The van der Waals surface area contributed by atoms with E-state index in [4.69, 9.17) is 0 Å². The molecule has 21 heavy (non-hydrogen) atoms. The second-order valence-corrected chi connectivity index (χ2v) is 5.71. The molecule has 1 aromatic heterocycles. The van der Waals surface area contributed by atoms with Gasteiger partial charge in [-0.2, -0.15) is 28.4 Å². The number of rotatable bonds is 2. The van der Waals surface area contributed by atoms with Crippen LogP contribution >= 0.6 is 15.9 Å². The predicted molar refractivity (Wildman–Crippen MR) is 70.2 cm³/mol. The molecule has 0 radical (unpaired) electrons. The molecule has 1 amide bonds. The van der Waals surface area contributed by atoms with Crippen LogP contribution < -0.4 is 0 Å². The summed E-state index contributed by atoms with van der Waals surface area (Å²) in [4.78, 5) is 12.2. The van der Waals surface area contributed by atoms with Gasteiger partial charge in [0.05, 0.1) is 10.7 Å². The van der Waals surface area contributed by atoms with E-state index in [1.807, 2.05) is 0 Å². The van der Waals surface area contributed by atoms with Crippen molar-refractivity contribution in [1.82, 2.24) is 14.8 Å². The third-order valence-electron chi connectivity index (χ3n) is 3.11. The van der Waals surface area contributed by atoms with E-state index in [0.717, 1.165) is 0 Å². The van der Waals surface area contributed by atoms with Crippen molar-refractivity contribution < 1.29 is 23.1 Å². The van der Waals surface area contributed by atoms with E-state index in [0.29, 0.717) is 4.47 Å². The van der Waals surface area contributed by atoms with Gasteiger partial charge in [0.1, 0.15) is 6.04 Å². The average molecular weight is 369 g/mol. The summed E-state index contributed by atoms with van der Waals surface area (Å²) in [7, 11) is 0. The Bertz CT molecular complexity index is 601. The van der Waals surface area contributed by atoms with Crippen molar-refractivity contribution in [1.29, 1.82) is 0 Å². The molecule has 0 aliphatic carbocycles. The Labute approximate surface area is 126 Å². The van der Waals surface area contributed by atoms with Crippen LogP contribution in [-0.4, -0.2) is 43.4 Å². The first kappa shape index (κ1) is 16.0. The normalized spacial score (nSPS) is 24.1. The van der Waals surface area contributed by atoms with Crippen molar-refractivity contribution in [2.24, 2.45) is 5.10 Å².